The molecule has 0 aliphatic carbocycles. The maximum Gasteiger partial charge on any atom is 0.196 e. The predicted octanol–water partition coefficient (Wildman–Crippen LogP) is 3.00. The lowest BCUT2D eigenvalue weighted by Gasteiger charge is -2.36. The predicted molar refractivity (Wildman–Crippen MR) is 76.4 cm³/mol. The van der Waals surface area contributed by atoms with Crippen molar-refractivity contribution in [2.24, 2.45) is 16.1 Å². The van der Waals surface area contributed by atoms with Crippen LogP contribution in [-0.2, 0) is 0 Å². The van der Waals surface area contributed by atoms with E-state index in [1.165, 1.54) is 0 Å². The van der Waals surface area contributed by atoms with E-state index in [0.29, 0.717) is 12.0 Å². The first kappa shape index (κ1) is 12.4. The van der Waals surface area contributed by atoms with E-state index < -0.39 is 0 Å². The van der Waals surface area contributed by atoms with Crippen molar-refractivity contribution in [1.29, 1.82) is 0 Å². The fourth-order valence-corrected chi connectivity index (χ4v) is 2.57. The molecule has 0 bridgehead atoms. The maximum absolute atomic E-state index is 6.02. The van der Waals surface area contributed by atoms with Gasteiger partial charge in [-0.2, -0.15) is 0 Å². The third-order valence-corrected chi connectivity index (χ3v) is 3.77. The minimum Gasteiger partial charge on any atom is -0.370 e. The smallest absolute Gasteiger partial charge is 0.196 e. The van der Waals surface area contributed by atoms with Crippen LogP contribution in [0.25, 0.3) is 0 Å². The molecule has 1 aromatic rings. The summed E-state index contributed by atoms with van der Waals surface area (Å²) in [4.78, 5) is 6.51. The molecular formula is C13H18BrN3. The Labute approximate surface area is 111 Å². The fraction of sp³-hybridized carbons (Fsp3) is 0.462. The van der Waals surface area contributed by atoms with Crippen molar-refractivity contribution >= 4 is 27.6 Å². The zero-order chi connectivity index (χ0) is 12.6. The van der Waals surface area contributed by atoms with Gasteiger partial charge < -0.3 is 10.6 Å². The largest absolute Gasteiger partial charge is 0.370 e. The molecule has 0 fully saturated rings. The van der Waals surface area contributed by atoms with E-state index >= 15 is 0 Å². The van der Waals surface area contributed by atoms with Gasteiger partial charge in [-0.3, -0.25) is 4.99 Å². The highest BCUT2D eigenvalue weighted by Crippen LogP contribution is 2.35. The second-order valence-corrected chi connectivity index (χ2v) is 6.26. The quantitative estimate of drug-likeness (QED) is 0.865. The molecule has 1 aliphatic rings. The van der Waals surface area contributed by atoms with Gasteiger partial charge in [0, 0.05) is 4.47 Å². The summed E-state index contributed by atoms with van der Waals surface area (Å²) in [7, 11) is 0. The molecule has 0 spiro atoms. The summed E-state index contributed by atoms with van der Waals surface area (Å²) in [6.45, 7) is 7.41. The van der Waals surface area contributed by atoms with Crippen molar-refractivity contribution in [3.63, 3.8) is 0 Å². The van der Waals surface area contributed by atoms with Gasteiger partial charge in [0.2, 0.25) is 0 Å². The van der Waals surface area contributed by atoms with Crippen molar-refractivity contribution in [2.45, 2.75) is 26.8 Å². The Hall–Kier alpha value is -1.03. The Balaban J connectivity index is 2.42. The molecule has 1 aliphatic heterocycles. The summed E-state index contributed by atoms with van der Waals surface area (Å²) in [6.07, 6.45) is 0. The lowest BCUT2D eigenvalue weighted by atomic mass is 9.86. The highest BCUT2D eigenvalue weighted by Gasteiger charge is 2.36. The molecule has 0 aromatic heterocycles. The Morgan fingerprint density at radius 2 is 2.00 bits per heavy atom. The number of guanidine groups is 1. The minimum atomic E-state index is 0.139. The highest BCUT2D eigenvalue weighted by atomic mass is 79.9. The van der Waals surface area contributed by atoms with Crippen LogP contribution in [0.3, 0.4) is 0 Å². The number of aliphatic imine (C=N–C) groups is 1. The van der Waals surface area contributed by atoms with Crippen molar-refractivity contribution in [2.75, 3.05) is 11.4 Å². The topological polar surface area (TPSA) is 41.6 Å². The van der Waals surface area contributed by atoms with Crippen molar-refractivity contribution in [3.05, 3.63) is 28.7 Å². The molecular weight excluding hydrogens is 278 g/mol. The monoisotopic (exact) mass is 295 g/mol. The number of anilines is 1. The van der Waals surface area contributed by atoms with Crippen LogP contribution in [0.15, 0.2) is 33.7 Å². The summed E-state index contributed by atoms with van der Waals surface area (Å²) < 4.78 is 1.05. The lowest BCUT2D eigenvalue weighted by Crippen LogP contribution is -2.47. The Kier molecular flexibility index (Phi) is 3.17. The molecule has 92 valence electrons. The standard InChI is InChI=1S/C13H18BrN3/c1-13(2,3)11-8-16-12(15)17(11)10-7-5-4-6-9(10)14/h4-7,11H,8H2,1-3H3,(H2,15,16). The molecule has 17 heavy (non-hydrogen) atoms. The fourth-order valence-electron chi connectivity index (χ4n) is 2.10. The van der Waals surface area contributed by atoms with E-state index in [1.54, 1.807) is 0 Å². The summed E-state index contributed by atoms with van der Waals surface area (Å²) >= 11 is 3.58. The van der Waals surface area contributed by atoms with Gasteiger partial charge in [-0.25, -0.2) is 0 Å². The van der Waals surface area contributed by atoms with E-state index in [0.717, 1.165) is 16.7 Å². The second-order valence-electron chi connectivity index (χ2n) is 5.40. The van der Waals surface area contributed by atoms with Crippen molar-refractivity contribution in [1.82, 2.24) is 0 Å². The number of hydrogen-bond acceptors (Lipinski definition) is 3. The second kappa shape index (κ2) is 4.33. The maximum atomic E-state index is 6.02. The first-order valence-electron chi connectivity index (χ1n) is 5.75. The molecule has 0 saturated heterocycles. The van der Waals surface area contributed by atoms with Gasteiger partial charge in [0.05, 0.1) is 18.3 Å². The van der Waals surface area contributed by atoms with E-state index in [1.807, 2.05) is 18.2 Å². The molecule has 1 aromatic carbocycles. The van der Waals surface area contributed by atoms with Crippen LogP contribution in [0.5, 0.6) is 0 Å². The van der Waals surface area contributed by atoms with Crippen molar-refractivity contribution < 1.29 is 0 Å². The molecule has 1 atom stereocenters. The van der Waals surface area contributed by atoms with Crippen LogP contribution in [0, 0.1) is 5.41 Å². The van der Waals surface area contributed by atoms with Crippen LogP contribution < -0.4 is 10.6 Å². The first-order valence-corrected chi connectivity index (χ1v) is 6.54. The van der Waals surface area contributed by atoms with Gasteiger partial charge in [-0.05, 0) is 33.5 Å². The molecule has 3 nitrogen and oxygen atoms in total. The third-order valence-electron chi connectivity index (χ3n) is 3.10. The molecule has 2 rings (SSSR count). The number of nitrogens with two attached hydrogens (primary N) is 1. The number of para-hydroxylation sites is 1. The summed E-state index contributed by atoms with van der Waals surface area (Å²) in [5.41, 5.74) is 7.25. The van der Waals surface area contributed by atoms with Crippen LogP contribution in [0.1, 0.15) is 20.8 Å². The van der Waals surface area contributed by atoms with Gasteiger partial charge >= 0.3 is 0 Å². The lowest BCUT2D eigenvalue weighted by molar-refractivity contribution is 0.336. The zero-order valence-corrected chi connectivity index (χ0v) is 12.0. The summed E-state index contributed by atoms with van der Waals surface area (Å²) in [5, 5.41) is 0. The van der Waals surface area contributed by atoms with E-state index in [-0.39, 0.29) is 5.41 Å². The molecule has 4 heteroatoms. The van der Waals surface area contributed by atoms with Gasteiger partial charge in [0.15, 0.2) is 5.96 Å². The summed E-state index contributed by atoms with van der Waals surface area (Å²) in [5.74, 6) is 0.608. The molecule has 2 N–H and O–H groups in total. The number of halogens is 1. The SMILES string of the molecule is CC(C)(C)C1CN=C(N)N1c1ccccc1Br. The molecule has 0 amide bonds. The number of nitrogens with zero attached hydrogens (tertiary/aromatic N) is 2. The van der Waals surface area contributed by atoms with Crippen LogP contribution in [0.4, 0.5) is 5.69 Å². The zero-order valence-electron chi connectivity index (χ0n) is 10.4. The molecule has 0 radical (unpaired) electrons. The third kappa shape index (κ3) is 2.32. The van der Waals surface area contributed by atoms with E-state index in [4.69, 9.17) is 5.73 Å². The Bertz CT molecular complexity index is 448. The summed E-state index contributed by atoms with van der Waals surface area (Å²) in [6, 6.07) is 8.42. The molecule has 0 saturated carbocycles. The molecule has 1 heterocycles. The van der Waals surface area contributed by atoms with Crippen LogP contribution >= 0.6 is 15.9 Å². The average Bonchev–Trinajstić information content (AvgIpc) is 2.60. The number of rotatable bonds is 1. The van der Waals surface area contributed by atoms with Gasteiger partial charge in [0.1, 0.15) is 0 Å². The average molecular weight is 296 g/mol. The Morgan fingerprint density at radius 1 is 1.35 bits per heavy atom. The van der Waals surface area contributed by atoms with Crippen LogP contribution in [0.2, 0.25) is 0 Å². The van der Waals surface area contributed by atoms with Crippen molar-refractivity contribution in [3.8, 4) is 0 Å². The molecule has 1 unspecified atom stereocenters. The first-order chi connectivity index (χ1) is 7.91. The minimum absolute atomic E-state index is 0.139. The highest BCUT2D eigenvalue weighted by molar-refractivity contribution is 9.10. The Morgan fingerprint density at radius 3 is 2.59 bits per heavy atom. The van der Waals surface area contributed by atoms with Gasteiger partial charge in [0.25, 0.3) is 0 Å². The van der Waals surface area contributed by atoms with Gasteiger partial charge in [-0.1, -0.05) is 32.9 Å². The van der Waals surface area contributed by atoms with Crippen LogP contribution in [-0.4, -0.2) is 18.5 Å². The number of benzene rings is 1. The van der Waals surface area contributed by atoms with E-state index in [9.17, 15) is 0 Å². The normalized spacial score (nSPS) is 20.6. The number of hydrogen-bond donors (Lipinski definition) is 1. The van der Waals surface area contributed by atoms with Gasteiger partial charge in [-0.15, -0.1) is 0 Å². The van der Waals surface area contributed by atoms with E-state index in [2.05, 4.69) is 52.7 Å².